The van der Waals surface area contributed by atoms with Crippen LogP contribution in [0.2, 0.25) is 0 Å². The SMILES string of the molecule is COc1ccccc1-c1nc(C(=O)Nc2cccc(Br)c2)cs1. The molecule has 0 saturated heterocycles. The van der Waals surface area contributed by atoms with Gasteiger partial charge in [-0.05, 0) is 30.3 Å². The predicted octanol–water partition coefficient (Wildman–Crippen LogP) is 4.83. The lowest BCUT2D eigenvalue weighted by atomic mass is 10.2. The summed E-state index contributed by atoms with van der Waals surface area (Å²) in [6.45, 7) is 0. The number of thiazole rings is 1. The van der Waals surface area contributed by atoms with Crippen molar-refractivity contribution in [2.45, 2.75) is 0 Å². The third-order valence-corrected chi connectivity index (χ3v) is 4.53. The van der Waals surface area contributed by atoms with Crippen LogP contribution in [-0.2, 0) is 0 Å². The Balaban J connectivity index is 1.83. The van der Waals surface area contributed by atoms with Crippen LogP contribution in [0.3, 0.4) is 0 Å². The van der Waals surface area contributed by atoms with Crippen molar-refractivity contribution in [1.29, 1.82) is 0 Å². The normalized spacial score (nSPS) is 10.3. The lowest BCUT2D eigenvalue weighted by Crippen LogP contribution is -2.12. The molecule has 1 heterocycles. The minimum Gasteiger partial charge on any atom is -0.496 e. The van der Waals surface area contributed by atoms with Crippen molar-refractivity contribution in [3.63, 3.8) is 0 Å². The summed E-state index contributed by atoms with van der Waals surface area (Å²) in [5.74, 6) is 0.501. The van der Waals surface area contributed by atoms with E-state index in [9.17, 15) is 4.79 Å². The highest BCUT2D eigenvalue weighted by atomic mass is 79.9. The first-order valence-corrected chi connectivity index (χ1v) is 8.50. The number of hydrogen-bond acceptors (Lipinski definition) is 4. The molecule has 0 aliphatic carbocycles. The highest BCUT2D eigenvalue weighted by Gasteiger charge is 2.14. The van der Waals surface area contributed by atoms with Crippen LogP contribution in [0.15, 0.2) is 58.4 Å². The van der Waals surface area contributed by atoms with Crippen molar-refractivity contribution in [3.05, 3.63) is 64.1 Å². The lowest BCUT2D eigenvalue weighted by molar-refractivity contribution is 0.102. The van der Waals surface area contributed by atoms with Crippen LogP contribution in [0.25, 0.3) is 10.6 Å². The molecule has 0 aliphatic heterocycles. The van der Waals surface area contributed by atoms with E-state index in [0.717, 1.165) is 26.5 Å². The van der Waals surface area contributed by atoms with E-state index >= 15 is 0 Å². The second kappa shape index (κ2) is 6.93. The van der Waals surface area contributed by atoms with Gasteiger partial charge in [-0.1, -0.05) is 34.1 Å². The molecule has 0 fully saturated rings. The number of carbonyl (C=O) groups excluding carboxylic acids is 1. The number of rotatable bonds is 4. The van der Waals surface area contributed by atoms with E-state index in [0.29, 0.717) is 5.69 Å². The average molecular weight is 389 g/mol. The van der Waals surface area contributed by atoms with Crippen molar-refractivity contribution in [3.8, 4) is 16.3 Å². The number of hydrogen-bond donors (Lipinski definition) is 1. The molecule has 0 atom stereocenters. The summed E-state index contributed by atoms with van der Waals surface area (Å²) in [6.07, 6.45) is 0. The van der Waals surface area contributed by atoms with Crippen LogP contribution in [-0.4, -0.2) is 18.0 Å². The van der Waals surface area contributed by atoms with Crippen LogP contribution in [0.1, 0.15) is 10.5 Å². The molecule has 23 heavy (non-hydrogen) atoms. The molecule has 3 rings (SSSR count). The van der Waals surface area contributed by atoms with Gasteiger partial charge in [0.1, 0.15) is 16.5 Å². The molecule has 0 bridgehead atoms. The number of methoxy groups -OCH3 is 1. The Morgan fingerprint density at radius 1 is 1.22 bits per heavy atom. The highest BCUT2D eigenvalue weighted by Crippen LogP contribution is 2.32. The van der Waals surface area contributed by atoms with Gasteiger partial charge in [0, 0.05) is 15.5 Å². The molecular formula is C17H13BrN2O2S. The van der Waals surface area contributed by atoms with E-state index in [-0.39, 0.29) is 5.91 Å². The summed E-state index contributed by atoms with van der Waals surface area (Å²) in [4.78, 5) is 16.7. The molecule has 1 amide bonds. The number of ether oxygens (including phenoxy) is 1. The number of amides is 1. The van der Waals surface area contributed by atoms with Crippen LogP contribution in [0.4, 0.5) is 5.69 Å². The van der Waals surface area contributed by atoms with Crippen molar-refractivity contribution >= 4 is 38.9 Å². The first-order chi connectivity index (χ1) is 11.2. The maximum atomic E-state index is 12.3. The largest absolute Gasteiger partial charge is 0.496 e. The predicted molar refractivity (Wildman–Crippen MR) is 96.2 cm³/mol. The molecule has 6 heteroatoms. The van der Waals surface area contributed by atoms with Crippen LogP contribution in [0.5, 0.6) is 5.75 Å². The summed E-state index contributed by atoms with van der Waals surface area (Å²) in [7, 11) is 1.62. The molecule has 4 nitrogen and oxygen atoms in total. The Morgan fingerprint density at radius 2 is 2.04 bits per heavy atom. The smallest absolute Gasteiger partial charge is 0.275 e. The number of halogens is 1. The van der Waals surface area contributed by atoms with E-state index in [2.05, 4.69) is 26.2 Å². The van der Waals surface area contributed by atoms with Crippen LogP contribution < -0.4 is 10.1 Å². The standard InChI is InChI=1S/C17H13BrN2O2S/c1-22-15-8-3-2-7-13(15)17-20-14(10-23-17)16(21)19-12-6-4-5-11(18)9-12/h2-10H,1H3,(H,19,21). The zero-order valence-electron chi connectivity index (χ0n) is 12.2. The van der Waals surface area contributed by atoms with E-state index in [1.807, 2.05) is 48.5 Å². The fourth-order valence-electron chi connectivity index (χ4n) is 2.08. The molecule has 0 radical (unpaired) electrons. The first kappa shape index (κ1) is 15.7. The van der Waals surface area contributed by atoms with Gasteiger partial charge in [0.15, 0.2) is 0 Å². The molecule has 2 aromatic carbocycles. The molecule has 0 unspecified atom stereocenters. The Hall–Kier alpha value is -2.18. The Bertz CT molecular complexity index is 848. The van der Waals surface area contributed by atoms with Gasteiger partial charge < -0.3 is 10.1 Å². The van der Waals surface area contributed by atoms with Gasteiger partial charge in [0.2, 0.25) is 0 Å². The van der Waals surface area contributed by atoms with E-state index < -0.39 is 0 Å². The Kier molecular flexibility index (Phi) is 4.73. The summed E-state index contributed by atoms with van der Waals surface area (Å²) >= 11 is 4.79. The topological polar surface area (TPSA) is 51.2 Å². The van der Waals surface area contributed by atoms with E-state index in [1.54, 1.807) is 12.5 Å². The Morgan fingerprint density at radius 3 is 2.83 bits per heavy atom. The van der Waals surface area contributed by atoms with Gasteiger partial charge in [0.05, 0.1) is 12.7 Å². The van der Waals surface area contributed by atoms with Crippen LogP contribution in [0, 0.1) is 0 Å². The Labute approximate surface area is 146 Å². The fraction of sp³-hybridized carbons (Fsp3) is 0.0588. The minimum atomic E-state index is -0.236. The van der Waals surface area contributed by atoms with Gasteiger partial charge in [0.25, 0.3) is 5.91 Å². The second-order valence-electron chi connectivity index (χ2n) is 4.70. The molecule has 1 N–H and O–H groups in total. The number of carbonyl (C=O) groups is 1. The number of aromatic nitrogens is 1. The van der Waals surface area contributed by atoms with Crippen molar-refractivity contribution < 1.29 is 9.53 Å². The summed E-state index contributed by atoms with van der Waals surface area (Å²) in [5.41, 5.74) is 1.98. The number of anilines is 1. The third kappa shape index (κ3) is 3.60. The molecular weight excluding hydrogens is 376 g/mol. The van der Waals surface area contributed by atoms with Gasteiger partial charge in [-0.2, -0.15) is 0 Å². The van der Waals surface area contributed by atoms with Crippen molar-refractivity contribution in [2.75, 3.05) is 12.4 Å². The van der Waals surface area contributed by atoms with Gasteiger partial charge in [-0.25, -0.2) is 4.98 Å². The van der Waals surface area contributed by atoms with Gasteiger partial charge in [-0.15, -0.1) is 11.3 Å². The molecule has 0 saturated carbocycles. The zero-order valence-corrected chi connectivity index (χ0v) is 14.6. The first-order valence-electron chi connectivity index (χ1n) is 6.83. The zero-order chi connectivity index (χ0) is 16.2. The molecule has 0 spiro atoms. The fourth-order valence-corrected chi connectivity index (χ4v) is 3.31. The molecule has 1 aromatic heterocycles. The molecule has 0 aliphatic rings. The number of para-hydroxylation sites is 1. The van der Waals surface area contributed by atoms with Gasteiger partial charge >= 0.3 is 0 Å². The quantitative estimate of drug-likeness (QED) is 0.695. The van der Waals surface area contributed by atoms with Crippen molar-refractivity contribution in [1.82, 2.24) is 4.98 Å². The monoisotopic (exact) mass is 388 g/mol. The van der Waals surface area contributed by atoms with Crippen LogP contribution >= 0.6 is 27.3 Å². The minimum absolute atomic E-state index is 0.236. The second-order valence-corrected chi connectivity index (χ2v) is 6.48. The average Bonchev–Trinajstić information content (AvgIpc) is 3.05. The summed E-state index contributed by atoms with van der Waals surface area (Å²) < 4.78 is 6.25. The maximum absolute atomic E-state index is 12.3. The van der Waals surface area contributed by atoms with Crippen molar-refractivity contribution in [2.24, 2.45) is 0 Å². The van der Waals surface area contributed by atoms with Gasteiger partial charge in [-0.3, -0.25) is 4.79 Å². The third-order valence-electron chi connectivity index (χ3n) is 3.16. The number of benzene rings is 2. The summed E-state index contributed by atoms with van der Waals surface area (Å²) in [6, 6.07) is 15.0. The van der Waals surface area contributed by atoms with E-state index in [4.69, 9.17) is 4.74 Å². The summed E-state index contributed by atoms with van der Waals surface area (Å²) in [5, 5.41) is 5.33. The maximum Gasteiger partial charge on any atom is 0.275 e. The molecule has 3 aromatic rings. The van der Waals surface area contributed by atoms with E-state index in [1.165, 1.54) is 11.3 Å². The molecule has 116 valence electrons. The number of nitrogens with one attached hydrogen (secondary N) is 1. The lowest BCUT2D eigenvalue weighted by Gasteiger charge is -2.05. The highest BCUT2D eigenvalue weighted by molar-refractivity contribution is 9.10. The number of nitrogens with zero attached hydrogens (tertiary/aromatic N) is 1.